The van der Waals surface area contributed by atoms with Crippen LogP contribution in [-0.4, -0.2) is 17.9 Å². The van der Waals surface area contributed by atoms with Crippen LogP contribution in [0.5, 0.6) is 0 Å². The maximum Gasteiger partial charge on any atom is 0.126 e. The predicted molar refractivity (Wildman–Crippen MR) is 81.4 cm³/mol. The van der Waals surface area contributed by atoms with Crippen molar-refractivity contribution in [1.29, 1.82) is 5.41 Å². The van der Waals surface area contributed by atoms with Crippen LogP contribution in [0.2, 0.25) is 5.02 Å². The van der Waals surface area contributed by atoms with Crippen LogP contribution in [0.15, 0.2) is 23.7 Å². The number of halogens is 1. The zero-order chi connectivity index (χ0) is 14.0. The minimum atomic E-state index is -0.0199. The number of benzene rings is 1. The monoisotopic (exact) mass is 294 g/mol. The maximum atomic E-state index is 7.66. The number of aryl methyl sites for hydroxylation is 1. The van der Waals surface area contributed by atoms with Crippen LogP contribution < -0.4 is 10.6 Å². The molecular weight excluding hydrogens is 280 g/mol. The number of anilines is 1. The smallest absolute Gasteiger partial charge is 0.126 e. The van der Waals surface area contributed by atoms with Crippen molar-refractivity contribution in [3.8, 4) is 0 Å². The number of nitrogens with zero attached hydrogens (tertiary/aromatic N) is 2. The molecule has 19 heavy (non-hydrogen) atoms. The van der Waals surface area contributed by atoms with Crippen molar-refractivity contribution in [3.63, 3.8) is 0 Å². The number of aromatic nitrogens is 1. The van der Waals surface area contributed by atoms with Gasteiger partial charge >= 0.3 is 0 Å². The van der Waals surface area contributed by atoms with E-state index in [1.54, 1.807) is 17.4 Å². The van der Waals surface area contributed by atoms with Crippen molar-refractivity contribution < 1.29 is 0 Å². The van der Waals surface area contributed by atoms with Crippen molar-refractivity contribution in [2.45, 2.75) is 13.5 Å². The maximum absolute atomic E-state index is 7.66. The topological polar surface area (TPSA) is 66.0 Å². The van der Waals surface area contributed by atoms with Gasteiger partial charge in [-0.3, -0.25) is 5.41 Å². The van der Waals surface area contributed by atoms with Crippen molar-refractivity contribution in [3.05, 3.63) is 44.9 Å². The summed E-state index contributed by atoms with van der Waals surface area (Å²) >= 11 is 7.74. The molecule has 2 rings (SSSR count). The van der Waals surface area contributed by atoms with Gasteiger partial charge in [-0.05, 0) is 19.1 Å². The zero-order valence-electron chi connectivity index (χ0n) is 10.8. The molecule has 0 aliphatic rings. The minimum Gasteiger partial charge on any atom is -0.384 e. The van der Waals surface area contributed by atoms with Crippen LogP contribution in [0, 0.1) is 12.3 Å². The second-order valence-corrected chi connectivity index (χ2v) is 5.61. The average molecular weight is 295 g/mol. The Morgan fingerprint density at radius 1 is 1.53 bits per heavy atom. The highest BCUT2D eigenvalue weighted by atomic mass is 35.5. The van der Waals surface area contributed by atoms with Crippen LogP contribution >= 0.6 is 22.9 Å². The predicted octanol–water partition coefficient (Wildman–Crippen LogP) is 3.03. The number of thiazole rings is 1. The van der Waals surface area contributed by atoms with E-state index >= 15 is 0 Å². The molecule has 1 aromatic heterocycles. The van der Waals surface area contributed by atoms with Crippen molar-refractivity contribution >= 4 is 34.5 Å². The van der Waals surface area contributed by atoms with E-state index in [2.05, 4.69) is 4.98 Å². The highest BCUT2D eigenvalue weighted by molar-refractivity contribution is 7.09. The summed E-state index contributed by atoms with van der Waals surface area (Å²) in [6, 6.07) is 5.52. The lowest BCUT2D eigenvalue weighted by Crippen LogP contribution is -2.22. The highest BCUT2D eigenvalue weighted by Gasteiger charge is 2.14. The molecule has 0 atom stereocenters. The quantitative estimate of drug-likeness (QED) is 0.673. The number of nitrogens with two attached hydrogens (primary N) is 1. The standard InChI is InChI=1S/C13H15ClN4S/c1-8-11(19-7-17-8)6-18(2)10-5-3-4-9(14)12(10)13(15)16/h3-5,7H,6H2,1-2H3,(H3,15,16). The number of rotatable bonds is 4. The fourth-order valence-electron chi connectivity index (χ4n) is 1.88. The molecule has 0 fully saturated rings. The molecule has 0 saturated heterocycles. The van der Waals surface area contributed by atoms with Crippen LogP contribution in [0.1, 0.15) is 16.1 Å². The van der Waals surface area contributed by atoms with E-state index < -0.39 is 0 Å². The van der Waals surface area contributed by atoms with Gasteiger partial charge in [0.15, 0.2) is 0 Å². The van der Waals surface area contributed by atoms with Gasteiger partial charge in [-0.25, -0.2) is 4.98 Å². The number of hydrogen-bond donors (Lipinski definition) is 2. The Labute approximate surface area is 121 Å². The third-order valence-electron chi connectivity index (χ3n) is 2.90. The summed E-state index contributed by atoms with van der Waals surface area (Å²) in [5.41, 5.74) is 9.92. The number of hydrogen-bond acceptors (Lipinski definition) is 4. The summed E-state index contributed by atoms with van der Waals surface area (Å²) in [7, 11) is 1.96. The Balaban J connectivity index is 2.34. The first-order chi connectivity index (χ1) is 9.00. The van der Waals surface area contributed by atoms with Gasteiger partial charge in [-0.2, -0.15) is 0 Å². The Bertz CT molecular complexity index is 608. The van der Waals surface area contributed by atoms with Gasteiger partial charge in [-0.1, -0.05) is 17.7 Å². The van der Waals surface area contributed by atoms with Crippen molar-refractivity contribution in [2.75, 3.05) is 11.9 Å². The van der Waals surface area contributed by atoms with Gasteiger partial charge in [0.25, 0.3) is 0 Å². The van der Waals surface area contributed by atoms with Gasteiger partial charge in [0.1, 0.15) is 5.84 Å². The van der Waals surface area contributed by atoms with Gasteiger partial charge < -0.3 is 10.6 Å². The van der Waals surface area contributed by atoms with Crippen molar-refractivity contribution in [1.82, 2.24) is 4.98 Å². The molecule has 4 nitrogen and oxygen atoms in total. The third kappa shape index (κ3) is 2.88. The summed E-state index contributed by atoms with van der Waals surface area (Å²) in [6.45, 7) is 2.71. The van der Waals surface area contributed by atoms with Gasteiger partial charge in [0.2, 0.25) is 0 Å². The fourth-order valence-corrected chi connectivity index (χ4v) is 2.98. The van der Waals surface area contributed by atoms with Crippen molar-refractivity contribution in [2.24, 2.45) is 5.73 Å². The first kappa shape index (κ1) is 13.8. The summed E-state index contributed by atoms with van der Waals surface area (Å²) in [5, 5.41) is 8.16. The van der Waals surface area contributed by atoms with Gasteiger partial charge in [0, 0.05) is 17.6 Å². The molecule has 0 spiro atoms. The molecule has 6 heteroatoms. The SMILES string of the molecule is Cc1ncsc1CN(C)c1cccc(Cl)c1C(=N)N. The lowest BCUT2D eigenvalue weighted by molar-refractivity contribution is 0.924. The Hall–Kier alpha value is -1.59. The second-order valence-electron chi connectivity index (χ2n) is 4.26. The summed E-state index contributed by atoms with van der Waals surface area (Å²) in [4.78, 5) is 7.46. The van der Waals surface area contributed by atoms with Crippen LogP contribution in [0.4, 0.5) is 5.69 Å². The van der Waals surface area contributed by atoms with E-state index in [1.807, 2.05) is 36.5 Å². The molecule has 0 saturated carbocycles. The van der Waals surface area contributed by atoms with E-state index in [1.165, 1.54) is 4.88 Å². The summed E-state index contributed by atoms with van der Waals surface area (Å²) < 4.78 is 0. The molecule has 0 radical (unpaired) electrons. The summed E-state index contributed by atoms with van der Waals surface area (Å²) in [5.74, 6) is -0.0199. The normalized spacial score (nSPS) is 10.5. The Morgan fingerprint density at radius 2 is 2.26 bits per heavy atom. The van der Waals surface area contributed by atoms with Crippen LogP contribution in [-0.2, 0) is 6.54 Å². The molecule has 1 heterocycles. The minimum absolute atomic E-state index is 0.0199. The van der Waals surface area contributed by atoms with E-state index in [0.717, 1.165) is 17.9 Å². The van der Waals surface area contributed by atoms with E-state index in [-0.39, 0.29) is 5.84 Å². The van der Waals surface area contributed by atoms with Gasteiger partial charge in [0.05, 0.1) is 28.3 Å². The number of nitrogen functional groups attached to an aromatic ring is 1. The van der Waals surface area contributed by atoms with Crippen LogP contribution in [0.25, 0.3) is 0 Å². The second kappa shape index (κ2) is 5.59. The number of nitrogens with one attached hydrogen (secondary N) is 1. The fraction of sp³-hybridized carbons (Fsp3) is 0.231. The molecule has 0 unspecified atom stereocenters. The largest absolute Gasteiger partial charge is 0.384 e. The molecule has 1 aromatic carbocycles. The summed E-state index contributed by atoms with van der Waals surface area (Å²) in [6.07, 6.45) is 0. The molecule has 0 bridgehead atoms. The zero-order valence-corrected chi connectivity index (χ0v) is 12.3. The lowest BCUT2D eigenvalue weighted by atomic mass is 10.1. The van der Waals surface area contributed by atoms with E-state index in [9.17, 15) is 0 Å². The highest BCUT2D eigenvalue weighted by Crippen LogP contribution is 2.28. The first-order valence-corrected chi connectivity index (χ1v) is 6.99. The lowest BCUT2D eigenvalue weighted by Gasteiger charge is -2.22. The molecular formula is C13H15ClN4S. The molecule has 3 N–H and O–H groups in total. The third-order valence-corrected chi connectivity index (χ3v) is 4.13. The van der Waals surface area contributed by atoms with E-state index in [0.29, 0.717) is 10.6 Å². The van der Waals surface area contributed by atoms with Crippen LogP contribution in [0.3, 0.4) is 0 Å². The molecule has 2 aromatic rings. The van der Waals surface area contributed by atoms with Gasteiger partial charge in [-0.15, -0.1) is 11.3 Å². The Morgan fingerprint density at radius 3 is 2.84 bits per heavy atom. The average Bonchev–Trinajstić information content (AvgIpc) is 2.74. The first-order valence-electron chi connectivity index (χ1n) is 5.73. The molecule has 100 valence electrons. The van der Waals surface area contributed by atoms with E-state index in [4.69, 9.17) is 22.7 Å². The molecule has 0 aliphatic carbocycles. The Kier molecular flexibility index (Phi) is 4.07. The molecule has 0 aliphatic heterocycles. The number of amidine groups is 1. The molecule has 0 amide bonds.